The molecule has 2 aromatic carbocycles. The Labute approximate surface area is 212 Å². The standard InChI is InChI=1S/C28H39FN2O5/c1-16(2)14-21(30-28(35)36-15-18-8-6-5-7-9-18)27(34)31-24(17(3)4)26(33)23-22(25(23)32)19-10-12-20(29)13-11-19/h10-13,16-18,21,24,26,33H,5-9,14-15H2,1-4H3,(H,30,35)(H,31,34)/t21-,24-,26-/m0/s1. The molecule has 0 heterocycles. The molecule has 0 aromatic heterocycles. The molecular formula is C28H39FN2O5. The van der Waals surface area contributed by atoms with Gasteiger partial charge in [-0.05, 0) is 54.7 Å². The van der Waals surface area contributed by atoms with Crippen molar-refractivity contribution < 1.29 is 23.8 Å². The molecule has 0 spiro atoms. The molecule has 36 heavy (non-hydrogen) atoms. The van der Waals surface area contributed by atoms with E-state index in [1.807, 2.05) is 27.7 Å². The third-order valence-corrected chi connectivity index (χ3v) is 6.97. The van der Waals surface area contributed by atoms with E-state index in [0.29, 0.717) is 30.1 Å². The first kappa shape index (κ1) is 27.8. The highest BCUT2D eigenvalue weighted by molar-refractivity contribution is 5.86. The van der Waals surface area contributed by atoms with E-state index in [2.05, 4.69) is 10.6 Å². The number of carbonyl (C=O) groups is 2. The van der Waals surface area contributed by atoms with Crippen molar-refractivity contribution in [2.24, 2.45) is 17.8 Å². The molecule has 0 saturated heterocycles. The molecule has 1 aliphatic rings. The number of nitrogens with one attached hydrogen (secondary N) is 2. The lowest BCUT2D eigenvalue weighted by Gasteiger charge is -2.29. The Balaban J connectivity index is 1.65. The molecular weight excluding hydrogens is 463 g/mol. The third-order valence-electron chi connectivity index (χ3n) is 6.97. The van der Waals surface area contributed by atoms with Crippen molar-refractivity contribution in [3.05, 3.63) is 45.9 Å². The zero-order chi connectivity index (χ0) is 26.4. The Bertz CT molecular complexity index is 1020. The van der Waals surface area contributed by atoms with Gasteiger partial charge in [0.1, 0.15) is 18.0 Å². The topological polar surface area (TPSA) is 105 Å². The Morgan fingerprint density at radius 3 is 2.28 bits per heavy atom. The van der Waals surface area contributed by atoms with E-state index in [-0.39, 0.29) is 22.8 Å². The van der Waals surface area contributed by atoms with Gasteiger partial charge in [0.2, 0.25) is 5.91 Å². The van der Waals surface area contributed by atoms with E-state index in [9.17, 15) is 23.9 Å². The maximum absolute atomic E-state index is 13.3. The van der Waals surface area contributed by atoms with Crippen molar-refractivity contribution in [2.75, 3.05) is 6.61 Å². The van der Waals surface area contributed by atoms with Gasteiger partial charge in [-0.3, -0.25) is 9.59 Å². The minimum Gasteiger partial charge on any atom is -0.449 e. The molecule has 3 N–H and O–H groups in total. The average Bonchev–Trinajstić information content (AvgIpc) is 3.51. The Morgan fingerprint density at radius 2 is 1.69 bits per heavy atom. The van der Waals surface area contributed by atoms with Gasteiger partial charge in [0, 0.05) is 11.1 Å². The van der Waals surface area contributed by atoms with Crippen LogP contribution in [0, 0.1) is 23.6 Å². The summed E-state index contributed by atoms with van der Waals surface area (Å²) in [6.07, 6.45) is 4.16. The Kier molecular flexibility index (Phi) is 9.65. The number of aliphatic hydroxyl groups is 1. The first-order valence-corrected chi connectivity index (χ1v) is 13.0. The first-order valence-electron chi connectivity index (χ1n) is 13.0. The summed E-state index contributed by atoms with van der Waals surface area (Å²) in [5.74, 6) is -0.560. The van der Waals surface area contributed by atoms with Gasteiger partial charge in [-0.15, -0.1) is 0 Å². The molecule has 0 radical (unpaired) electrons. The van der Waals surface area contributed by atoms with Gasteiger partial charge in [0.15, 0.2) is 5.43 Å². The van der Waals surface area contributed by atoms with Crippen LogP contribution in [-0.2, 0) is 9.53 Å². The quantitative estimate of drug-likeness (QED) is 0.416. The van der Waals surface area contributed by atoms with E-state index >= 15 is 0 Å². The number of hydrogen-bond acceptors (Lipinski definition) is 5. The van der Waals surface area contributed by atoms with Gasteiger partial charge < -0.3 is 20.5 Å². The molecule has 1 fully saturated rings. The molecule has 0 bridgehead atoms. The molecule has 0 unspecified atom stereocenters. The lowest BCUT2D eigenvalue weighted by Crippen LogP contribution is -2.53. The van der Waals surface area contributed by atoms with Crippen LogP contribution in [0.1, 0.15) is 77.9 Å². The fraction of sp³-hybridized carbons (Fsp3) is 0.607. The number of hydrogen-bond donors (Lipinski definition) is 3. The number of rotatable bonds is 11. The summed E-state index contributed by atoms with van der Waals surface area (Å²) >= 11 is 0. The summed E-state index contributed by atoms with van der Waals surface area (Å²) in [4.78, 5) is 38.2. The van der Waals surface area contributed by atoms with E-state index in [1.165, 1.54) is 30.7 Å². The SMILES string of the molecule is CC(C)C[C@H](NC(=O)OCC1CCCCC1)C(=O)N[C@@H](C(C)C)[C@@H](O)c1c(-c2ccc(F)cc2)c1=O. The number of halogens is 1. The van der Waals surface area contributed by atoms with Crippen LogP contribution in [0.25, 0.3) is 11.1 Å². The highest BCUT2D eigenvalue weighted by Crippen LogP contribution is 2.34. The molecule has 8 heteroatoms. The Hall–Kier alpha value is -2.74. The molecule has 0 aliphatic heterocycles. The maximum atomic E-state index is 13.3. The number of benzene rings is 1. The Morgan fingerprint density at radius 1 is 1.06 bits per heavy atom. The zero-order valence-corrected chi connectivity index (χ0v) is 21.7. The van der Waals surface area contributed by atoms with Gasteiger partial charge in [0.05, 0.1) is 12.6 Å². The number of amides is 2. The van der Waals surface area contributed by atoms with Crippen LogP contribution in [0.4, 0.5) is 9.18 Å². The minimum atomic E-state index is -1.22. The van der Waals surface area contributed by atoms with Crippen molar-refractivity contribution in [1.29, 1.82) is 0 Å². The highest BCUT2D eigenvalue weighted by Gasteiger charge is 2.37. The molecule has 7 nitrogen and oxygen atoms in total. The smallest absolute Gasteiger partial charge is 0.407 e. The normalized spacial score (nSPS) is 17.2. The van der Waals surface area contributed by atoms with Crippen LogP contribution in [0.3, 0.4) is 0 Å². The molecule has 1 aliphatic carbocycles. The second-order valence-corrected chi connectivity index (χ2v) is 10.8. The van der Waals surface area contributed by atoms with Gasteiger partial charge in [-0.25, -0.2) is 9.18 Å². The predicted octanol–water partition coefficient (Wildman–Crippen LogP) is 4.62. The number of aliphatic hydroxyl groups excluding tert-OH is 1. The van der Waals surface area contributed by atoms with Gasteiger partial charge in [-0.2, -0.15) is 0 Å². The van der Waals surface area contributed by atoms with Crippen molar-refractivity contribution in [3.63, 3.8) is 0 Å². The van der Waals surface area contributed by atoms with Crippen LogP contribution in [0.15, 0.2) is 29.1 Å². The van der Waals surface area contributed by atoms with Crippen molar-refractivity contribution in [3.8, 4) is 11.1 Å². The molecule has 2 amide bonds. The van der Waals surface area contributed by atoms with E-state index in [0.717, 1.165) is 25.7 Å². The number of alkyl carbamates (subject to hydrolysis) is 1. The second-order valence-electron chi connectivity index (χ2n) is 10.8. The highest BCUT2D eigenvalue weighted by atomic mass is 19.1. The van der Waals surface area contributed by atoms with Crippen LogP contribution < -0.4 is 16.1 Å². The predicted molar refractivity (Wildman–Crippen MR) is 137 cm³/mol. The summed E-state index contributed by atoms with van der Waals surface area (Å²) in [6, 6.07) is 3.92. The van der Waals surface area contributed by atoms with E-state index in [1.54, 1.807) is 0 Å². The summed E-state index contributed by atoms with van der Waals surface area (Å²) in [5, 5.41) is 16.6. The van der Waals surface area contributed by atoms with Crippen LogP contribution in [0.2, 0.25) is 0 Å². The first-order chi connectivity index (χ1) is 17.1. The summed E-state index contributed by atoms with van der Waals surface area (Å²) in [7, 11) is 0. The van der Waals surface area contributed by atoms with Crippen LogP contribution in [-0.4, -0.2) is 35.8 Å². The third kappa shape index (κ3) is 7.38. The van der Waals surface area contributed by atoms with Crippen molar-refractivity contribution in [2.45, 2.75) is 84.4 Å². The fourth-order valence-corrected chi connectivity index (χ4v) is 4.86. The monoisotopic (exact) mass is 502 g/mol. The van der Waals surface area contributed by atoms with Gasteiger partial charge in [-0.1, -0.05) is 59.1 Å². The molecule has 3 rings (SSSR count). The molecule has 2 aromatic rings. The minimum absolute atomic E-state index is 0.125. The van der Waals surface area contributed by atoms with Gasteiger partial charge in [0.25, 0.3) is 0 Å². The largest absolute Gasteiger partial charge is 0.449 e. The van der Waals surface area contributed by atoms with Crippen molar-refractivity contribution >= 4 is 12.0 Å². The van der Waals surface area contributed by atoms with E-state index in [4.69, 9.17) is 4.74 Å². The molecule has 198 valence electrons. The van der Waals surface area contributed by atoms with Gasteiger partial charge >= 0.3 is 6.09 Å². The summed E-state index contributed by atoms with van der Waals surface area (Å²) < 4.78 is 18.7. The maximum Gasteiger partial charge on any atom is 0.407 e. The average molecular weight is 503 g/mol. The fourth-order valence-electron chi connectivity index (χ4n) is 4.86. The lowest BCUT2D eigenvalue weighted by molar-refractivity contribution is -0.125. The summed E-state index contributed by atoms with van der Waals surface area (Å²) in [5.41, 5.74) is 0.813. The lowest BCUT2D eigenvalue weighted by atomic mass is 9.90. The van der Waals surface area contributed by atoms with Crippen LogP contribution in [0.5, 0.6) is 0 Å². The number of carbonyl (C=O) groups excluding carboxylic acids is 2. The molecule has 3 atom stereocenters. The zero-order valence-electron chi connectivity index (χ0n) is 21.7. The van der Waals surface area contributed by atoms with Crippen LogP contribution >= 0.6 is 0 Å². The number of ether oxygens (including phenoxy) is 1. The molecule has 1 saturated carbocycles. The second kappa shape index (κ2) is 12.5. The van der Waals surface area contributed by atoms with E-state index < -0.39 is 36.0 Å². The van der Waals surface area contributed by atoms with Crippen molar-refractivity contribution in [1.82, 2.24) is 10.6 Å². The summed E-state index contributed by atoms with van der Waals surface area (Å²) in [6.45, 7) is 7.92.